The van der Waals surface area contributed by atoms with Crippen LogP contribution in [0.2, 0.25) is 0 Å². The molecule has 26 heavy (non-hydrogen) atoms. The minimum Gasteiger partial charge on any atom is -0.376 e. The monoisotopic (exact) mass is 408 g/mol. The second-order valence-corrected chi connectivity index (χ2v) is 10.3. The number of ether oxygens (including phenoxy) is 1. The van der Waals surface area contributed by atoms with Gasteiger partial charge in [-0.25, -0.2) is 0 Å². The summed E-state index contributed by atoms with van der Waals surface area (Å²) in [6.45, 7) is 3.89. The first kappa shape index (κ1) is 23.0. The van der Waals surface area contributed by atoms with Crippen LogP contribution in [0.4, 0.5) is 0 Å². The molecule has 0 amide bonds. The van der Waals surface area contributed by atoms with E-state index < -0.39 is 25.7 Å². The Labute approximate surface area is 156 Å². The Bertz CT molecular complexity index is 705. The maximum absolute atomic E-state index is 11.4. The molecule has 1 aromatic carbocycles. The highest BCUT2D eigenvalue weighted by Gasteiger charge is 2.35. The van der Waals surface area contributed by atoms with Gasteiger partial charge in [0.2, 0.25) is 0 Å². The molecule has 0 N–H and O–H groups in total. The number of rotatable bonds is 12. The van der Waals surface area contributed by atoms with Crippen LogP contribution in [-0.2, 0) is 39.9 Å². The van der Waals surface area contributed by atoms with E-state index in [0.29, 0.717) is 13.0 Å². The molecule has 1 rings (SSSR count). The Kier molecular flexibility index (Phi) is 8.68. The molecule has 0 aliphatic carbocycles. The van der Waals surface area contributed by atoms with Crippen LogP contribution in [0.1, 0.15) is 25.8 Å². The topological polar surface area (TPSA) is 96.0 Å². The van der Waals surface area contributed by atoms with Crippen molar-refractivity contribution in [2.75, 3.05) is 32.3 Å². The van der Waals surface area contributed by atoms with Gasteiger partial charge in [-0.1, -0.05) is 44.2 Å². The van der Waals surface area contributed by atoms with Gasteiger partial charge >= 0.3 is 0 Å². The van der Waals surface area contributed by atoms with Gasteiger partial charge in [-0.3, -0.25) is 8.37 Å². The van der Waals surface area contributed by atoms with Crippen LogP contribution in [0.15, 0.2) is 30.3 Å². The Morgan fingerprint density at radius 3 is 1.81 bits per heavy atom. The number of hydrogen-bond acceptors (Lipinski definition) is 7. The lowest BCUT2D eigenvalue weighted by molar-refractivity contribution is -0.0296. The van der Waals surface area contributed by atoms with Crippen molar-refractivity contribution < 1.29 is 29.9 Å². The molecule has 1 aromatic rings. The maximum Gasteiger partial charge on any atom is 0.264 e. The minimum absolute atomic E-state index is 0.102. The molecule has 150 valence electrons. The Balaban J connectivity index is 2.92. The van der Waals surface area contributed by atoms with Crippen molar-refractivity contribution >= 4 is 20.2 Å². The first-order valence-electron chi connectivity index (χ1n) is 8.21. The van der Waals surface area contributed by atoms with E-state index in [0.717, 1.165) is 18.1 Å². The van der Waals surface area contributed by atoms with Gasteiger partial charge < -0.3 is 4.74 Å². The van der Waals surface area contributed by atoms with E-state index in [-0.39, 0.29) is 25.7 Å². The quantitative estimate of drug-likeness (QED) is 0.489. The molecule has 0 atom stereocenters. The molecule has 0 radical (unpaired) electrons. The summed E-state index contributed by atoms with van der Waals surface area (Å²) in [6, 6.07) is 9.49. The largest absolute Gasteiger partial charge is 0.376 e. The van der Waals surface area contributed by atoms with Crippen molar-refractivity contribution in [1.29, 1.82) is 0 Å². The van der Waals surface area contributed by atoms with Gasteiger partial charge in [0.05, 0.1) is 38.9 Å². The second kappa shape index (κ2) is 9.80. The zero-order valence-electron chi connectivity index (χ0n) is 15.7. The highest BCUT2D eigenvalue weighted by Crippen LogP contribution is 2.30. The molecule has 0 unspecified atom stereocenters. The minimum atomic E-state index is -3.68. The van der Waals surface area contributed by atoms with E-state index in [1.807, 2.05) is 44.2 Å². The smallest absolute Gasteiger partial charge is 0.264 e. The average molecular weight is 409 g/mol. The molecule has 0 saturated heterocycles. The predicted molar refractivity (Wildman–Crippen MR) is 99.6 cm³/mol. The van der Waals surface area contributed by atoms with Gasteiger partial charge in [-0.05, 0) is 17.9 Å². The predicted octanol–water partition coefficient (Wildman–Crippen LogP) is 2.19. The summed E-state index contributed by atoms with van der Waals surface area (Å²) >= 11 is 0. The lowest BCUT2D eigenvalue weighted by Crippen LogP contribution is -2.40. The third-order valence-corrected chi connectivity index (χ3v) is 4.61. The first-order valence-corrected chi connectivity index (χ1v) is 11.8. The van der Waals surface area contributed by atoms with Crippen molar-refractivity contribution in [2.24, 2.45) is 11.3 Å². The SMILES string of the molecule is CC(C)CC(COCc1ccccc1)(COS(C)(=O)=O)COS(C)(=O)=O. The van der Waals surface area contributed by atoms with Crippen molar-refractivity contribution in [3.8, 4) is 0 Å². The molecule has 7 nitrogen and oxygen atoms in total. The molecule has 0 saturated carbocycles. The highest BCUT2D eigenvalue weighted by molar-refractivity contribution is 7.86. The molecule has 9 heteroatoms. The lowest BCUT2D eigenvalue weighted by atomic mass is 9.82. The van der Waals surface area contributed by atoms with Crippen molar-refractivity contribution in [3.63, 3.8) is 0 Å². The average Bonchev–Trinajstić information content (AvgIpc) is 2.50. The van der Waals surface area contributed by atoms with Gasteiger partial charge in [0.15, 0.2) is 0 Å². The zero-order valence-corrected chi connectivity index (χ0v) is 17.3. The van der Waals surface area contributed by atoms with Crippen molar-refractivity contribution in [3.05, 3.63) is 35.9 Å². The molecular formula is C17H28O7S2. The van der Waals surface area contributed by atoms with Crippen LogP contribution in [0, 0.1) is 11.3 Å². The van der Waals surface area contributed by atoms with Gasteiger partial charge in [-0.15, -0.1) is 0 Å². The summed E-state index contributed by atoms with van der Waals surface area (Å²) in [4.78, 5) is 0. The van der Waals surface area contributed by atoms with Crippen LogP contribution in [0.5, 0.6) is 0 Å². The fourth-order valence-corrected chi connectivity index (χ4v) is 3.52. The van der Waals surface area contributed by atoms with E-state index in [4.69, 9.17) is 13.1 Å². The molecule has 0 fully saturated rings. The highest BCUT2D eigenvalue weighted by atomic mass is 32.2. The second-order valence-electron chi connectivity index (χ2n) is 7.01. The Morgan fingerprint density at radius 1 is 0.885 bits per heavy atom. The molecule has 0 spiro atoms. The number of hydrogen-bond donors (Lipinski definition) is 0. The van der Waals surface area contributed by atoms with Crippen LogP contribution in [0.3, 0.4) is 0 Å². The summed E-state index contributed by atoms with van der Waals surface area (Å²) in [5.74, 6) is 0.154. The third-order valence-electron chi connectivity index (χ3n) is 3.52. The van der Waals surface area contributed by atoms with Crippen LogP contribution in [-0.4, -0.2) is 49.2 Å². The van der Waals surface area contributed by atoms with E-state index in [1.165, 1.54) is 0 Å². The summed E-state index contributed by atoms with van der Waals surface area (Å²) in [5, 5.41) is 0. The van der Waals surface area contributed by atoms with Crippen LogP contribution in [0.25, 0.3) is 0 Å². The van der Waals surface area contributed by atoms with E-state index in [1.54, 1.807) is 0 Å². The Morgan fingerprint density at radius 2 is 1.38 bits per heavy atom. The standard InChI is InChI=1S/C17H28O7S2/c1-15(2)10-17(13-23-25(3,18)19,14-24-26(4,20)21)12-22-11-16-8-6-5-7-9-16/h5-9,15H,10-14H2,1-4H3. The fraction of sp³-hybridized carbons (Fsp3) is 0.647. The Hall–Kier alpha value is -1.00. The van der Waals surface area contributed by atoms with E-state index in [9.17, 15) is 16.8 Å². The van der Waals surface area contributed by atoms with Crippen molar-refractivity contribution in [2.45, 2.75) is 26.9 Å². The molecule has 0 bridgehead atoms. The summed E-state index contributed by atoms with van der Waals surface area (Å²) < 4.78 is 61.5. The van der Waals surface area contributed by atoms with Crippen LogP contribution >= 0.6 is 0 Å². The summed E-state index contributed by atoms with van der Waals surface area (Å²) in [7, 11) is -7.37. The van der Waals surface area contributed by atoms with E-state index in [2.05, 4.69) is 0 Å². The summed E-state index contributed by atoms with van der Waals surface area (Å²) in [5.41, 5.74) is 0.0498. The van der Waals surface area contributed by atoms with Crippen LogP contribution < -0.4 is 0 Å². The third kappa shape index (κ3) is 10.2. The summed E-state index contributed by atoms with van der Waals surface area (Å²) in [6.07, 6.45) is 2.39. The molecule has 0 aromatic heterocycles. The first-order chi connectivity index (χ1) is 11.9. The van der Waals surface area contributed by atoms with Gasteiger partial charge in [0, 0.05) is 5.41 Å². The van der Waals surface area contributed by atoms with E-state index >= 15 is 0 Å². The number of benzene rings is 1. The molecular weight excluding hydrogens is 380 g/mol. The van der Waals surface area contributed by atoms with Gasteiger partial charge in [0.25, 0.3) is 20.2 Å². The van der Waals surface area contributed by atoms with Gasteiger partial charge in [-0.2, -0.15) is 16.8 Å². The lowest BCUT2D eigenvalue weighted by Gasteiger charge is -2.33. The zero-order chi connectivity index (χ0) is 19.8. The molecule has 0 aliphatic rings. The molecule has 0 aliphatic heterocycles. The maximum atomic E-state index is 11.4. The normalized spacial score (nSPS) is 13.3. The van der Waals surface area contributed by atoms with Gasteiger partial charge in [0.1, 0.15) is 0 Å². The van der Waals surface area contributed by atoms with Crippen molar-refractivity contribution in [1.82, 2.24) is 0 Å². The molecule has 0 heterocycles. The fourth-order valence-electron chi connectivity index (χ4n) is 2.59.